The fourth-order valence-electron chi connectivity index (χ4n) is 2.86. The molecule has 0 heterocycles. The van der Waals surface area contributed by atoms with Crippen LogP contribution in [0.4, 0.5) is 5.69 Å². The van der Waals surface area contributed by atoms with Crippen molar-refractivity contribution in [1.29, 1.82) is 0 Å². The molecule has 1 saturated carbocycles. The van der Waals surface area contributed by atoms with E-state index in [1.54, 1.807) is 23.1 Å². The van der Waals surface area contributed by atoms with Crippen LogP contribution in [0.2, 0.25) is 0 Å². The molecule has 1 N–H and O–H groups in total. The fraction of sp³-hybridized carbons (Fsp3) is 0.278. The predicted molar refractivity (Wildman–Crippen MR) is 83.4 cm³/mol. The number of aromatic hydroxyl groups is 1. The molecule has 1 amide bonds. The number of phenolic OH excluding ortho intramolecular Hbond substituents is 1. The van der Waals surface area contributed by atoms with Crippen molar-refractivity contribution in [2.75, 3.05) is 11.4 Å². The number of nitrogens with zero attached hydrogens (tertiary/aromatic N) is 1. The summed E-state index contributed by atoms with van der Waals surface area (Å²) in [4.78, 5) is 14.4. The second kappa shape index (κ2) is 5.60. The monoisotopic (exact) mass is 281 g/mol. The Morgan fingerprint density at radius 2 is 1.95 bits per heavy atom. The molecule has 2 atom stereocenters. The Bertz CT molecular complexity index is 639. The third kappa shape index (κ3) is 2.77. The number of amides is 1. The van der Waals surface area contributed by atoms with E-state index in [4.69, 9.17) is 0 Å². The Kier molecular flexibility index (Phi) is 3.65. The van der Waals surface area contributed by atoms with Crippen molar-refractivity contribution in [3.05, 3.63) is 60.2 Å². The normalized spacial score (nSPS) is 20.0. The topological polar surface area (TPSA) is 40.5 Å². The standard InChI is InChI=1S/C18H19NO2/c1-2-19(14-9-6-10-15(20)11-14)18(21)17-12-16(17)13-7-4-3-5-8-13/h3-11,16-17,20H,2,12H2,1H3. The first-order valence-electron chi connectivity index (χ1n) is 7.36. The molecular formula is C18H19NO2. The molecular weight excluding hydrogens is 262 g/mol. The smallest absolute Gasteiger partial charge is 0.230 e. The van der Waals surface area contributed by atoms with Crippen LogP contribution in [-0.4, -0.2) is 17.6 Å². The molecule has 0 aromatic heterocycles. The zero-order valence-corrected chi connectivity index (χ0v) is 12.1. The van der Waals surface area contributed by atoms with Crippen LogP contribution in [0.15, 0.2) is 54.6 Å². The highest BCUT2D eigenvalue weighted by atomic mass is 16.3. The van der Waals surface area contributed by atoms with Gasteiger partial charge in [0.25, 0.3) is 0 Å². The van der Waals surface area contributed by atoms with Gasteiger partial charge in [-0.3, -0.25) is 4.79 Å². The number of phenols is 1. The molecule has 0 spiro atoms. The Hall–Kier alpha value is -2.29. The maximum absolute atomic E-state index is 12.7. The van der Waals surface area contributed by atoms with Crippen LogP contribution >= 0.6 is 0 Å². The van der Waals surface area contributed by atoms with Gasteiger partial charge < -0.3 is 10.0 Å². The van der Waals surface area contributed by atoms with Gasteiger partial charge >= 0.3 is 0 Å². The van der Waals surface area contributed by atoms with E-state index in [-0.39, 0.29) is 17.6 Å². The van der Waals surface area contributed by atoms with E-state index in [1.807, 2.05) is 31.2 Å². The summed E-state index contributed by atoms with van der Waals surface area (Å²) in [5.74, 6) is 0.742. The van der Waals surface area contributed by atoms with Gasteiger partial charge in [-0.15, -0.1) is 0 Å². The minimum Gasteiger partial charge on any atom is -0.508 e. The van der Waals surface area contributed by atoms with Crippen molar-refractivity contribution >= 4 is 11.6 Å². The molecule has 0 saturated heterocycles. The quantitative estimate of drug-likeness (QED) is 0.931. The Morgan fingerprint density at radius 3 is 2.62 bits per heavy atom. The number of anilines is 1. The number of rotatable bonds is 4. The van der Waals surface area contributed by atoms with Crippen molar-refractivity contribution < 1.29 is 9.90 Å². The molecule has 0 radical (unpaired) electrons. The van der Waals surface area contributed by atoms with Gasteiger partial charge in [0.05, 0.1) is 0 Å². The van der Waals surface area contributed by atoms with Gasteiger partial charge in [0.2, 0.25) is 5.91 Å². The summed E-state index contributed by atoms with van der Waals surface area (Å²) < 4.78 is 0. The van der Waals surface area contributed by atoms with E-state index in [0.717, 1.165) is 12.1 Å². The second-order valence-electron chi connectivity index (χ2n) is 5.46. The minimum absolute atomic E-state index is 0.0645. The summed E-state index contributed by atoms with van der Waals surface area (Å²) in [6.07, 6.45) is 0.915. The molecule has 1 aliphatic carbocycles. The summed E-state index contributed by atoms with van der Waals surface area (Å²) in [5.41, 5.74) is 2.00. The third-order valence-electron chi connectivity index (χ3n) is 4.06. The molecule has 3 rings (SSSR count). The first-order chi connectivity index (χ1) is 10.2. The van der Waals surface area contributed by atoms with Crippen LogP contribution in [0.1, 0.15) is 24.8 Å². The SMILES string of the molecule is CCN(C(=O)C1CC1c1ccccc1)c1cccc(O)c1. The minimum atomic E-state index is 0.0645. The number of hydrogen-bond donors (Lipinski definition) is 1. The number of benzene rings is 2. The molecule has 2 unspecified atom stereocenters. The summed E-state index contributed by atoms with van der Waals surface area (Å²) in [5, 5.41) is 9.59. The maximum atomic E-state index is 12.7. The van der Waals surface area contributed by atoms with E-state index in [0.29, 0.717) is 12.5 Å². The maximum Gasteiger partial charge on any atom is 0.230 e. The van der Waals surface area contributed by atoms with E-state index in [1.165, 1.54) is 5.56 Å². The van der Waals surface area contributed by atoms with Crippen LogP contribution in [0.25, 0.3) is 0 Å². The van der Waals surface area contributed by atoms with Gasteiger partial charge in [-0.2, -0.15) is 0 Å². The lowest BCUT2D eigenvalue weighted by atomic mass is 10.1. The number of hydrogen-bond acceptors (Lipinski definition) is 2. The molecule has 21 heavy (non-hydrogen) atoms. The second-order valence-corrected chi connectivity index (χ2v) is 5.46. The molecule has 3 nitrogen and oxygen atoms in total. The summed E-state index contributed by atoms with van der Waals surface area (Å²) in [6.45, 7) is 2.57. The van der Waals surface area contributed by atoms with Crippen LogP contribution in [0.3, 0.4) is 0 Å². The van der Waals surface area contributed by atoms with Crippen LogP contribution < -0.4 is 4.90 Å². The highest BCUT2D eigenvalue weighted by Gasteiger charge is 2.45. The molecule has 3 heteroatoms. The van der Waals surface area contributed by atoms with Crippen molar-refractivity contribution in [2.45, 2.75) is 19.3 Å². The average molecular weight is 281 g/mol. The molecule has 108 valence electrons. The zero-order chi connectivity index (χ0) is 14.8. The first-order valence-corrected chi connectivity index (χ1v) is 7.36. The van der Waals surface area contributed by atoms with Crippen LogP contribution in [0, 0.1) is 5.92 Å². The third-order valence-corrected chi connectivity index (χ3v) is 4.06. The van der Waals surface area contributed by atoms with Crippen molar-refractivity contribution in [3.63, 3.8) is 0 Å². The summed E-state index contributed by atoms with van der Waals surface area (Å²) in [7, 11) is 0. The Morgan fingerprint density at radius 1 is 1.19 bits per heavy atom. The van der Waals surface area contributed by atoms with Crippen molar-refractivity contribution in [1.82, 2.24) is 0 Å². The Balaban J connectivity index is 1.76. The predicted octanol–water partition coefficient (Wildman–Crippen LogP) is 3.55. The van der Waals surface area contributed by atoms with E-state index >= 15 is 0 Å². The van der Waals surface area contributed by atoms with Gasteiger partial charge in [-0.05, 0) is 37.0 Å². The van der Waals surface area contributed by atoms with Gasteiger partial charge in [0, 0.05) is 24.2 Å². The van der Waals surface area contributed by atoms with Crippen LogP contribution in [0.5, 0.6) is 5.75 Å². The van der Waals surface area contributed by atoms with Gasteiger partial charge in [-0.1, -0.05) is 36.4 Å². The van der Waals surface area contributed by atoms with Gasteiger partial charge in [-0.25, -0.2) is 0 Å². The number of carbonyl (C=O) groups is 1. The lowest BCUT2D eigenvalue weighted by molar-refractivity contribution is -0.119. The largest absolute Gasteiger partial charge is 0.508 e. The van der Waals surface area contributed by atoms with E-state index < -0.39 is 0 Å². The molecule has 1 aliphatic rings. The van der Waals surface area contributed by atoms with Crippen LogP contribution in [-0.2, 0) is 4.79 Å². The van der Waals surface area contributed by atoms with Gasteiger partial charge in [0.15, 0.2) is 0 Å². The summed E-state index contributed by atoms with van der Waals surface area (Å²) in [6, 6.07) is 17.1. The lowest BCUT2D eigenvalue weighted by Gasteiger charge is -2.21. The van der Waals surface area contributed by atoms with E-state index in [9.17, 15) is 9.90 Å². The lowest BCUT2D eigenvalue weighted by Crippen LogP contribution is -2.32. The highest BCUT2D eigenvalue weighted by molar-refractivity contribution is 5.97. The molecule has 0 bridgehead atoms. The molecule has 1 fully saturated rings. The Labute approximate surface area is 124 Å². The van der Waals surface area contributed by atoms with Gasteiger partial charge in [0.1, 0.15) is 5.75 Å². The average Bonchev–Trinajstić information content (AvgIpc) is 3.29. The zero-order valence-electron chi connectivity index (χ0n) is 12.1. The first kappa shape index (κ1) is 13.7. The molecule has 2 aromatic rings. The van der Waals surface area contributed by atoms with Crippen molar-refractivity contribution in [3.8, 4) is 5.75 Å². The molecule has 2 aromatic carbocycles. The van der Waals surface area contributed by atoms with E-state index in [2.05, 4.69) is 12.1 Å². The van der Waals surface area contributed by atoms with Crippen molar-refractivity contribution in [2.24, 2.45) is 5.92 Å². The molecule has 0 aliphatic heterocycles. The number of carbonyl (C=O) groups excluding carboxylic acids is 1. The highest BCUT2D eigenvalue weighted by Crippen LogP contribution is 2.48. The summed E-state index contributed by atoms with van der Waals surface area (Å²) >= 11 is 0. The fourth-order valence-corrected chi connectivity index (χ4v) is 2.86.